The van der Waals surface area contributed by atoms with Gasteiger partial charge in [-0.15, -0.1) is 0 Å². The van der Waals surface area contributed by atoms with Gasteiger partial charge in [-0.3, -0.25) is 0 Å². The highest BCUT2D eigenvalue weighted by molar-refractivity contribution is 9.10. The minimum atomic E-state index is 0.451. The lowest BCUT2D eigenvalue weighted by molar-refractivity contribution is 0.758. The van der Waals surface area contributed by atoms with E-state index in [1.807, 2.05) is 10.7 Å². The highest BCUT2D eigenvalue weighted by atomic mass is 79.9. The van der Waals surface area contributed by atoms with Crippen LogP contribution in [0.15, 0.2) is 22.8 Å². The third-order valence-corrected chi connectivity index (χ3v) is 3.32. The standard InChI is InChI=1S/C13H17BrN4/c1-3-11-6-12(4-2)18(17-11)13-9(7-15)5-10(14)8-16-13/h5-6,8H,3-4,7,15H2,1-2H3. The molecule has 0 aromatic carbocycles. The summed E-state index contributed by atoms with van der Waals surface area (Å²) in [6.07, 6.45) is 3.63. The minimum absolute atomic E-state index is 0.451. The van der Waals surface area contributed by atoms with Gasteiger partial charge in [0.25, 0.3) is 0 Å². The van der Waals surface area contributed by atoms with Gasteiger partial charge >= 0.3 is 0 Å². The Morgan fingerprint density at radius 1 is 1.28 bits per heavy atom. The second-order valence-electron chi connectivity index (χ2n) is 4.09. The van der Waals surface area contributed by atoms with Crippen LogP contribution in [0.25, 0.3) is 5.82 Å². The van der Waals surface area contributed by atoms with Crippen LogP contribution in [-0.2, 0) is 19.4 Å². The number of nitrogens with zero attached hydrogens (tertiary/aromatic N) is 3. The van der Waals surface area contributed by atoms with E-state index in [0.29, 0.717) is 6.54 Å². The summed E-state index contributed by atoms with van der Waals surface area (Å²) in [4.78, 5) is 4.45. The quantitative estimate of drug-likeness (QED) is 0.944. The van der Waals surface area contributed by atoms with Crippen molar-refractivity contribution in [3.05, 3.63) is 39.8 Å². The third kappa shape index (κ3) is 2.47. The van der Waals surface area contributed by atoms with Crippen molar-refractivity contribution in [2.75, 3.05) is 0 Å². The smallest absolute Gasteiger partial charge is 0.158 e. The Morgan fingerprint density at radius 3 is 2.67 bits per heavy atom. The van der Waals surface area contributed by atoms with Gasteiger partial charge in [0, 0.05) is 28.5 Å². The van der Waals surface area contributed by atoms with Gasteiger partial charge in [0.15, 0.2) is 5.82 Å². The van der Waals surface area contributed by atoms with Crippen LogP contribution in [0.3, 0.4) is 0 Å². The molecule has 0 saturated heterocycles. The Bertz CT molecular complexity index is 548. The van der Waals surface area contributed by atoms with E-state index in [2.05, 4.69) is 45.9 Å². The third-order valence-electron chi connectivity index (χ3n) is 2.89. The molecule has 2 aromatic heterocycles. The first-order valence-corrected chi connectivity index (χ1v) is 6.91. The maximum Gasteiger partial charge on any atom is 0.158 e. The molecule has 2 heterocycles. The number of halogens is 1. The molecule has 0 saturated carbocycles. The van der Waals surface area contributed by atoms with Gasteiger partial charge in [-0.1, -0.05) is 13.8 Å². The second kappa shape index (κ2) is 5.63. The van der Waals surface area contributed by atoms with Gasteiger partial charge in [-0.05, 0) is 40.9 Å². The zero-order chi connectivity index (χ0) is 13.1. The van der Waals surface area contributed by atoms with Crippen molar-refractivity contribution in [1.29, 1.82) is 0 Å². The first-order valence-electron chi connectivity index (χ1n) is 6.12. The Kier molecular flexibility index (Phi) is 4.14. The molecule has 2 aromatic rings. The fraction of sp³-hybridized carbons (Fsp3) is 0.385. The number of hydrogen-bond donors (Lipinski definition) is 1. The molecule has 0 aliphatic carbocycles. The molecule has 0 aliphatic rings. The molecule has 4 nitrogen and oxygen atoms in total. The zero-order valence-electron chi connectivity index (χ0n) is 10.7. The van der Waals surface area contributed by atoms with E-state index in [-0.39, 0.29) is 0 Å². The van der Waals surface area contributed by atoms with Gasteiger partial charge in [0.1, 0.15) is 0 Å². The Labute approximate surface area is 115 Å². The average molecular weight is 309 g/mol. The van der Waals surface area contributed by atoms with E-state index in [1.165, 1.54) is 0 Å². The SMILES string of the molecule is CCc1cc(CC)n(-c2ncc(Br)cc2CN)n1. The topological polar surface area (TPSA) is 56.7 Å². The predicted molar refractivity (Wildman–Crippen MR) is 75.7 cm³/mol. The molecule has 0 unspecified atom stereocenters. The van der Waals surface area contributed by atoms with Crippen molar-refractivity contribution in [3.63, 3.8) is 0 Å². The molecular weight excluding hydrogens is 292 g/mol. The molecular formula is C13H17BrN4. The molecule has 2 rings (SSSR count). The van der Waals surface area contributed by atoms with E-state index in [1.54, 1.807) is 6.20 Å². The Hall–Kier alpha value is -1.20. The van der Waals surface area contributed by atoms with Crippen molar-refractivity contribution < 1.29 is 0 Å². The van der Waals surface area contributed by atoms with Gasteiger partial charge in [-0.25, -0.2) is 9.67 Å². The number of hydrogen-bond acceptors (Lipinski definition) is 3. The minimum Gasteiger partial charge on any atom is -0.326 e. The van der Waals surface area contributed by atoms with E-state index in [4.69, 9.17) is 5.73 Å². The fourth-order valence-electron chi connectivity index (χ4n) is 1.90. The van der Waals surface area contributed by atoms with Gasteiger partial charge < -0.3 is 5.73 Å². The van der Waals surface area contributed by atoms with Crippen molar-refractivity contribution in [3.8, 4) is 5.82 Å². The number of rotatable bonds is 4. The van der Waals surface area contributed by atoms with E-state index < -0.39 is 0 Å². The Balaban J connectivity index is 2.56. The average Bonchev–Trinajstić information content (AvgIpc) is 2.81. The second-order valence-corrected chi connectivity index (χ2v) is 5.00. The molecule has 96 valence electrons. The lowest BCUT2D eigenvalue weighted by atomic mass is 10.2. The van der Waals surface area contributed by atoms with Crippen molar-refractivity contribution in [1.82, 2.24) is 14.8 Å². The molecule has 0 aliphatic heterocycles. The van der Waals surface area contributed by atoms with E-state index >= 15 is 0 Å². The van der Waals surface area contributed by atoms with Crippen molar-refractivity contribution in [2.45, 2.75) is 33.2 Å². The summed E-state index contributed by atoms with van der Waals surface area (Å²) in [7, 11) is 0. The summed E-state index contributed by atoms with van der Waals surface area (Å²) < 4.78 is 2.85. The summed E-state index contributed by atoms with van der Waals surface area (Å²) in [5.74, 6) is 0.831. The van der Waals surface area contributed by atoms with Gasteiger partial charge in [0.05, 0.1) is 5.69 Å². The highest BCUT2D eigenvalue weighted by Crippen LogP contribution is 2.19. The molecule has 0 amide bonds. The van der Waals surface area contributed by atoms with Crippen LogP contribution in [0.2, 0.25) is 0 Å². The summed E-state index contributed by atoms with van der Waals surface area (Å²) in [6, 6.07) is 4.12. The van der Waals surface area contributed by atoms with Crippen LogP contribution in [0, 0.1) is 0 Å². The normalized spacial score (nSPS) is 10.9. The fourth-order valence-corrected chi connectivity index (χ4v) is 2.28. The zero-order valence-corrected chi connectivity index (χ0v) is 12.2. The van der Waals surface area contributed by atoms with Gasteiger partial charge in [-0.2, -0.15) is 5.10 Å². The molecule has 5 heteroatoms. The molecule has 0 atom stereocenters. The predicted octanol–water partition coefficient (Wildman–Crippen LogP) is 2.61. The van der Waals surface area contributed by atoms with Crippen LogP contribution in [0.4, 0.5) is 0 Å². The van der Waals surface area contributed by atoms with Gasteiger partial charge in [0.2, 0.25) is 0 Å². The molecule has 0 fully saturated rings. The lowest BCUT2D eigenvalue weighted by Gasteiger charge is -2.09. The van der Waals surface area contributed by atoms with Crippen LogP contribution < -0.4 is 5.73 Å². The first-order chi connectivity index (χ1) is 8.69. The molecule has 0 spiro atoms. The number of aromatic nitrogens is 3. The number of nitrogens with two attached hydrogens (primary N) is 1. The first kappa shape index (κ1) is 13.2. The monoisotopic (exact) mass is 308 g/mol. The summed E-state index contributed by atoms with van der Waals surface area (Å²) in [6.45, 7) is 4.67. The van der Waals surface area contributed by atoms with E-state index in [9.17, 15) is 0 Å². The Morgan fingerprint density at radius 2 is 2.06 bits per heavy atom. The molecule has 0 radical (unpaired) electrons. The summed E-state index contributed by atoms with van der Waals surface area (Å²) in [5, 5.41) is 4.59. The molecule has 0 bridgehead atoms. The largest absolute Gasteiger partial charge is 0.326 e. The van der Waals surface area contributed by atoms with Crippen molar-refractivity contribution >= 4 is 15.9 Å². The van der Waals surface area contributed by atoms with Crippen LogP contribution in [0.1, 0.15) is 30.8 Å². The molecule has 18 heavy (non-hydrogen) atoms. The highest BCUT2D eigenvalue weighted by Gasteiger charge is 2.12. The summed E-state index contributed by atoms with van der Waals surface area (Å²) in [5.41, 5.74) is 9.02. The number of pyridine rings is 1. The van der Waals surface area contributed by atoms with Crippen molar-refractivity contribution in [2.24, 2.45) is 5.73 Å². The maximum atomic E-state index is 5.79. The maximum absolute atomic E-state index is 5.79. The molecule has 2 N–H and O–H groups in total. The van der Waals surface area contributed by atoms with Crippen LogP contribution >= 0.6 is 15.9 Å². The number of aryl methyl sites for hydroxylation is 2. The lowest BCUT2D eigenvalue weighted by Crippen LogP contribution is -2.10. The van der Waals surface area contributed by atoms with E-state index in [0.717, 1.165) is 40.1 Å². The van der Waals surface area contributed by atoms with Crippen LogP contribution in [0.5, 0.6) is 0 Å². The van der Waals surface area contributed by atoms with Crippen LogP contribution in [-0.4, -0.2) is 14.8 Å². The summed E-state index contributed by atoms with van der Waals surface area (Å²) >= 11 is 3.42.